The van der Waals surface area contributed by atoms with Crippen molar-refractivity contribution in [3.8, 4) is 17.6 Å². The first kappa shape index (κ1) is 26.3. The average Bonchev–Trinajstić information content (AvgIpc) is 2.91. The molecule has 0 radical (unpaired) electrons. The van der Waals surface area contributed by atoms with Crippen LogP contribution in [0.25, 0.3) is 6.08 Å². The van der Waals surface area contributed by atoms with Crippen LogP contribution in [0.5, 0.6) is 11.5 Å². The highest BCUT2D eigenvalue weighted by molar-refractivity contribution is 6.19. The second-order valence-corrected chi connectivity index (χ2v) is 8.55. The summed E-state index contributed by atoms with van der Waals surface area (Å²) >= 11 is 0. The van der Waals surface area contributed by atoms with Gasteiger partial charge in [-0.25, -0.2) is 8.78 Å². The Kier molecular flexibility index (Phi) is 7.97. The van der Waals surface area contributed by atoms with Crippen molar-refractivity contribution in [1.82, 2.24) is 4.90 Å². The topological polar surface area (TPSA) is 79.6 Å². The maximum Gasteiger partial charge on any atom is 0.271 e. The summed E-state index contributed by atoms with van der Waals surface area (Å²) in [5.41, 5.74) is 2.24. The first-order valence-corrected chi connectivity index (χ1v) is 11.9. The molecule has 0 atom stereocenters. The third-order valence-electron chi connectivity index (χ3n) is 5.97. The van der Waals surface area contributed by atoms with E-state index in [4.69, 9.17) is 9.47 Å². The Bertz CT molecular complexity index is 1470. The highest BCUT2D eigenvalue weighted by Crippen LogP contribution is 2.33. The predicted molar refractivity (Wildman–Crippen MR) is 137 cm³/mol. The second-order valence-electron chi connectivity index (χ2n) is 8.55. The molecule has 0 spiro atoms. The second kappa shape index (κ2) is 11.5. The minimum Gasteiger partial charge on any atom is -0.490 e. The van der Waals surface area contributed by atoms with E-state index >= 15 is 0 Å². The van der Waals surface area contributed by atoms with E-state index in [9.17, 15) is 23.6 Å². The molecule has 0 bridgehead atoms. The van der Waals surface area contributed by atoms with Gasteiger partial charge < -0.3 is 9.47 Å². The third-order valence-corrected chi connectivity index (χ3v) is 5.97. The van der Waals surface area contributed by atoms with E-state index in [-0.39, 0.29) is 35.7 Å². The van der Waals surface area contributed by atoms with Crippen molar-refractivity contribution in [3.63, 3.8) is 0 Å². The van der Waals surface area contributed by atoms with E-state index in [1.54, 1.807) is 43.3 Å². The molecule has 1 aliphatic rings. The van der Waals surface area contributed by atoms with E-state index in [0.717, 1.165) is 10.5 Å². The molecular formula is C30H24F2N2O4. The zero-order valence-corrected chi connectivity index (χ0v) is 20.8. The van der Waals surface area contributed by atoms with Gasteiger partial charge in [-0.15, -0.1) is 0 Å². The average molecular weight is 515 g/mol. The van der Waals surface area contributed by atoms with Gasteiger partial charge in [0.15, 0.2) is 11.5 Å². The summed E-state index contributed by atoms with van der Waals surface area (Å²) in [7, 11) is 0. The Balaban J connectivity index is 1.64. The highest BCUT2D eigenvalue weighted by atomic mass is 19.1. The number of rotatable bonds is 8. The van der Waals surface area contributed by atoms with Crippen LogP contribution in [0, 0.1) is 23.0 Å². The van der Waals surface area contributed by atoms with E-state index in [1.807, 2.05) is 13.0 Å². The van der Waals surface area contributed by atoms with Gasteiger partial charge in [-0.2, -0.15) is 5.26 Å². The van der Waals surface area contributed by atoms with Gasteiger partial charge in [-0.1, -0.05) is 30.3 Å². The van der Waals surface area contributed by atoms with Gasteiger partial charge in [-0.05, 0) is 78.6 Å². The van der Waals surface area contributed by atoms with E-state index < -0.39 is 17.6 Å². The molecule has 0 saturated heterocycles. The van der Waals surface area contributed by atoms with Crippen molar-refractivity contribution in [2.45, 2.75) is 27.0 Å². The lowest BCUT2D eigenvalue weighted by atomic mass is 9.93. The van der Waals surface area contributed by atoms with Gasteiger partial charge in [0.05, 0.1) is 13.2 Å². The molecule has 8 heteroatoms. The largest absolute Gasteiger partial charge is 0.490 e. The third kappa shape index (κ3) is 5.79. The lowest BCUT2D eigenvalue weighted by molar-refractivity contribution is -0.141. The summed E-state index contributed by atoms with van der Waals surface area (Å²) in [4.78, 5) is 27.3. The van der Waals surface area contributed by atoms with Crippen molar-refractivity contribution in [1.29, 1.82) is 5.26 Å². The van der Waals surface area contributed by atoms with Crippen LogP contribution < -0.4 is 9.47 Å². The van der Waals surface area contributed by atoms with Crippen LogP contribution in [0.4, 0.5) is 8.78 Å². The quantitative estimate of drug-likeness (QED) is 0.283. The maximum atomic E-state index is 13.4. The zero-order valence-electron chi connectivity index (χ0n) is 20.8. The van der Waals surface area contributed by atoms with Gasteiger partial charge in [0.25, 0.3) is 11.8 Å². The summed E-state index contributed by atoms with van der Waals surface area (Å²) in [5, 5.41) is 9.64. The SMILES string of the molecule is CCOc1cc(/C=C2/C(=O)N(Cc3ccc(F)cc3)C(=O)C(C#N)=C2C)ccc1OCc1ccc(F)cc1. The molecule has 0 aromatic heterocycles. The van der Waals surface area contributed by atoms with Gasteiger partial charge in [-0.3, -0.25) is 14.5 Å². The van der Waals surface area contributed by atoms with Gasteiger partial charge in [0.1, 0.15) is 29.9 Å². The number of nitriles is 1. The fourth-order valence-corrected chi connectivity index (χ4v) is 3.96. The summed E-state index contributed by atoms with van der Waals surface area (Å²) < 4.78 is 38.1. The lowest BCUT2D eigenvalue weighted by Gasteiger charge is -2.27. The van der Waals surface area contributed by atoms with Gasteiger partial charge >= 0.3 is 0 Å². The molecule has 6 nitrogen and oxygen atoms in total. The van der Waals surface area contributed by atoms with E-state index in [1.165, 1.54) is 36.4 Å². The van der Waals surface area contributed by atoms with Gasteiger partial charge in [0.2, 0.25) is 0 Å². The van der Waals surface area contributed by atoms with Crippen molar-refractivity contribution >= 4 is 17.9 Å². The molecule has 2 amide bonds. The van der Waals surface area contributed by atoms with E-state index in [2.05, 4.69) is 0 Å². The number of carbonyl (C=O) groups is 2. The first-order chi connectivity index (χ1) is 18.3. The van der Waals surface area contributed by atoms with Gasteiger partial charge in [0, 0.05) is 5.57 Å². The fraction of sp³-hybridized carbons (Fsp3) is 0.167. The summed E-state index contributed by atoms with van der Waals surface area (Å²) in [6.07, 6.45) is 1.59. The molecule has 0 unspecified atom stereocenters. The lowest BCUT2D eigenvalue weighted by Crippen LogP contribution is -2.42. The Morgan fingerprint density at radius 2 is 1.50 bits per heavy atom. The molecule has 3 aromatic carbocycles. The van der Waals surface area contributed by atoms with Crippen LogP contribution in [-0.2, 0) is 22.7 Å². The van der Waals surface area contributed by atoms with Crippen molar-refractivity contribution in [2.24, 2.45) is 0 Å². The number of ether oxygens (including phenoxy) is 2. The monoisotopic (exact) mass is 514 g/mol. The smallest absolute Gasteiger partial charge is 0.271 e. The number of hydrogen-bond donors (Lipinski definition) is 0. The normalized spacial score (nSPS) is 14.6. The summed E-state index contributed by atoms with van der Waals surface area (Å²) in [6.45, 7) is 3.84. The number of hydrogen-bond acceptors (Lipinski definition) is 5. The van der Waals surface area contributed by atoms with Crippen LogP contribution in [0.2, 0.25) is 0 Å². The van der Waals surface area contributed by atoms with Crippen LogP contribution in [0.3, 0.4) is 0 Å². The van der Waals surface area contributed by atoms with Crippen LogP contribution in [0.1, 0.15) is 30.5 Å². The molecule has 0 aliphatic carbocycles. The molecule has 1 aliphatic heterocycles. The van der Waals surface area contributed by atoms with Crippen LogP contribution in [-0.4, -0.2) is 23.3 Å². The van der Waals surface area contributed by atoms with Crippen molar-refractivity contribution < 1.29 is 27.8 Å². The Morgan fingerprint density at radius 3 is 2.11 bits per heavy atom. The van der Waals surface area contributed by atoms with Crippen LogP contribution in [0.15, 0.2) is 83.4 Å². The fourth-order valence-electron chi connectivity index (χ4n) is 3.96. The number of halogens is 2. The number of nitrogens with zero attached hydrogens (tertiary/aromatic N) is 2. The first-order valence-electron chi connectivity index (χ1n) is 11.9. The number of carbonyl (C=O) groups excluding carboxylic acids is 2. The molecule has 0 N–H and O–H groups in total. The predicted octanol–water partition coefficient (Wildman–Crippen LogP) is 5.73. The molecule has 1 heterocycles. The zero-order chi connectivity index (χ0) is 27.2. The van der Waals surface area contributed by atoms with Crippen molar-refractivity contribution in [3.05, 3.63) is 112 Å². The number of benzene rings is 3. The Labute approximate surface area is 219 Å². The highest BCUT2D eigenvalue weighted by Gasteiger charge is 2.35. The number of imide groups is 1. The summed E-state index contributed by atoms with van der Waals surface area (Å²) in [5.74, 6) is -1.13. The number of amides is 2. The molecule has 192 valence electrons. The molecular weight excluding hydrogens is 490 g/mol. The Hall–Kier alpha value is -4.77. The maximum absolute atomic E-state index is 13.4. The molecule has 4 rings (SSSR count). The molecule has 3 aromatic rings. The molecule has 38 heavy (non-hydrogen) atoms. The Morgan fingerprint density at radius 1 is 0.868 bits per heavy atom. The minimum absolute atomic E-state index is 0.103. The minimum atomic E-state index is -0.698. The molecule has 0 fully saturated rings. The van der Waals surface area contributed by atoms with Crippen LogP contribution >= 0.6 is 0 Å². The van der Waals surface area contributed by atoms with E-state index in [0.29, 0.717) is 29.2 Å². The standard InChI is InChI=1S/C30H24F2N2O4/c1-3-37-28-15-22(8-13-27(28)38-18-21-6-11-24(32)12-7-21)14-25-19(2)26(16-33)30(36)34(29(25)35)17-20-4-9-23(31)10-5-20/h4-15H,3,17-18H2,1-2H3/b25-14+. The summed E-state index contributed by atoms with van der Waals surface area (Å²) in [6, 6.07) is 18.4. The van der Waals surface area contributed by atoms with Crippen molar-refractivity contribution in [2.75, 3.05) is 6.61 Å². The molecule has 0 saturated carbocycles.